The SMILES string of the molecule is COc1ccc(C(C)NC(=O)/C(C#N)=C\NCc2ccc(CO)cc2)cc1OC. The highest BCUT2D eigenvalue weighted by molar-refractivity contribution is 5.97. The van der Waals surface area contributed by atoms with Crippen LogP contribution in [-0.4, -0.2) is 25.2 Å². The molecule has 1 atom stereocenters. The lowest BCUT2D eigenvalue weighted by atomic mass is 10.1. The van der Waals surface area contributed by atoms with Crippen LogP contribution in [-0.2, 0) is 17.9 Å². The number of nitrogens with one attached hydrogen (secondary N) is 2. The number of carbonyl (C=O) groups excluding carboxylic acids is 1. The molecule has 0 aliphatic rings. The second-order valence-electron chi connectivity index (χ2n) is 6.33. The van der Waals surface area contributed by atoms with E-state index in [1.54, 1.807) is 26.4 Å². The number of ether oxygens (including phenoxy) is 2. The molecular weight excluding hydrogens is 370 g/mol. The lowest BCUT2D eigenvalue weighted by Gasteiger charge is -2.16. The molecule has 0 radical (unpaired) electrons. The first-order valence-electron chi connectivity index (χ1n) is 9.07. The Labute approximate surface area is 170 Å². The maximum Gasteiger partial charge on any atom is 0.263 e. The van der Waals surface area contributed by atoms with Gasteiger partial charge in [0.15, 0.2) is 11.5 Å². The summed E-state index contributed by atoms with van der Waals surface area (Å²) in [5.74, 6) is 0.692. The maximum atomic E-state index is 12.4. The predicted octanol–water partition coefficient (Wildman–Crippen LogP) is 2.57. The van der Waals surface area contributed by atoms with E-state index in [0.717, 1.165) is 16.7 Å². The third-order valence-electron chi connectivity index (χ3n) is 4.38. The van der Waals surface area contributed by atoms with Gasteiger partial charge in [0, 0.05) is 12.7 Å². The van der Waals surface area contributed by atoms with Crippen molar-refractivity contribution in [2.45, 2.75) is 26.1 Å². The minimum absolute atomic E-state index is 0.00931. The second kappa shape index (κ2) is 10.7. The van der Waals surface area contributed by atoms with Gasteiger partial charge in [0.25, 0.3) is 5.91 Å². The van der Waals surface area contributed by atoms with Gasteiger partial charge in [-0.25, -0.2) is 0 Å². The Kier molecular flexibility index (Phi) is 8.07. The quantitative estimate of drug-likeness (QED) is 0.445. The highest BCUT2D eigenvalue weighted by Crippen LogP contribution is 2.29. The molecule has 7 heteroatoms. The Morgan fingerprint density at radius 1 is 1.14 bits per heavy atom. The van der Waals surface area contributed by atoms with E-state index in [1.807, 2.05) is 43.3 Å². The van der Waals surface area contributed by atoms with E-state index >= 15 is 0 Å². The van der Waals surface area contributed by atoms with Crippen LogP contribution in [0.25, 0.3) is 0 Å². The summed E-state index contributed by atoms with van der Waals surface area (Å²) in [7, 11) is 3.10. The van der Waals surface area contributed by atoms with Gasteiger partial charge >= 0.3 is 0 Å². The molecule has 29 heavy (non-hydrogen) atoms. The molecule has 2 aromatic rings. The predicted molar refractivity (Wildman–Crippen MR) is 109 cm³/mol. The molecule has 1 amide bonds. The summed E-state index contributed by atoms with van der Waals surface area (Å²) in [6.45, 7) is 2.27. The third kappa shape index (κ3) is 5.99. The van der Waals surface area contributed by atoms with Gasteiger partial charge in [-0.1, -0.05) is 30.3 Å². The van der Waals surface area contributed by atoms with Crippen molar-refractivity contribution in [3.05, 3.63) is 70.9 Å². The molecule has 2 rings (SSSR count). The van der Waals surface area contributed by atoms with Crippen molar-refractivity contribution in [1.82, 2.24) is 10.6 Å². The zero-order valence-corrected chi connectivity index (χ0v) is 16.7. The fourth-order valence-corrected chi connectivity index (χ4v) is 2.66. The molecule has 2 aromatic carbocycles. The number of nitrogens with zero attached hydrogens (tertiary/aromatic N) is 1. The van der Waals surface area contributed by atoms with Gasteiger partial charge in [-0.2, -0.15) is 5.26 Å². The van der Waals surface area contributed by atoms with E-state index in [1.165, 1.54) is 6.20 Å². The molecule has 152 valence electrons. The molecule has 0 heterocycles. The zero-order valence-electron chi connectivity index (χ0n) is 16.7. The third-order valence-corrected chi connectivity index (χ3v) is 4.38. The van der Waals surface area contributed by atoms with E-state index < -0.39 is 5.91 Å². The average Bonchev–Trinajstić information content (AvgIpc) is 2.76. The summed E-state index contributed by atoms with van der Waals surface area (Å²) < 4.78 is 10.5. The molecule has 1 unspecified atom stereocenters. The van der Waals surface area contributed by atoms with E-state index in [4.69, 9.17) is 14.6 Å². The van der Waals surface area contributed by atoms with Gasteiger partial charge in [0.1, 0.15) is 11.6 Å². The summed E-state index contributed by atoms with van der Waals surface area (Å²) in [4.78, 5) is 12.4. The van der Waals surface area contributed by atoms with Gasteiger partial charge in [0.2, 0.25) is 0 Å². The van der Waals surface area contributed by atoms with Crippen LogP contribution in [0.3, 0.4) is 0 Å². The monoisotopic (exact) mass is 395 g/mol. The van der Waals surface area contributed by atoms with Crippen molar-refractivity contribution in [2.24, 2.45) is 0 Å². The van der Waals surface area contributed by atoms with E-state index in [2.05, 4.69) is 10.6 Å². The van der Waals surface area contributed by atoms with E-state index in [0.29, 0.717) is 18.0 Å². The maximum absolute atomic E-state index is 12.4. The summed E-state index contributed by atoms with van der Waals surface area (Å²) in [6, 6.07) is 14.4. The number of hydrogen-bond donors (Lipinski definition) is 3. The Morgan fingerprint density at radius 3 is 2.38 bits per heavy atom. The van der Waals surface area contributed by atoms with Crippen molar-refractivity contribution in [3.63, 3.8) is 0 Å². The smallest absolute Gasteiger partial charge is 0.263 e. The minimum Gasteiger partial charge on any atom is -0.493 e. The normalized spacial score (nSPS) is 11.9. The Morgan fingerprint density at radius 2 is 1.79 bits per heavy atom. The fraction of sp³-hybridized carbons (Fsp3) is 0.273. The van der Waals surface area contributed by atoms with Crippen LogP contribution < -0.4 is 20.1 Å². The van der Waals surface area contributed by atoms with Crippen LogP contribution >= 0.6 is 0 Å². The van der Waals surface area contributed by atoms with Crippen LogP contribution in [0.4, 0.5) is 0 Å². The zero-order chi connectivity index (χ0) is 21.2. The van der Waals surface area contributed by atoms with Crippen molar-refractivity contribution < 1.29 is 19.4 Å². The van der Waals surface area contributed by atoms with Crippen molar-refractivity contribution in [1.29, 1.82) is 5.26 Å². The van der Waals surface area contributed by atoms with Gasteiger partial charge in [0.05, 0.1) is 26.9 Å². The number of carbonyl (C=O) groups is 1. The number of aliphatic hydroxyl groups excluding tert-OH is 1. The topological polar surface area (TPSA) is 104 Å². The number of aliphatic hydroxyl groups is 1. The standard InChI is InChI=1S/C22H25N3O4/c1-15(18-8-9-20(28-2)21(10-18)29-3)25-22(27)19(11-23)13-24-12-16-4-6-17(14-26)7-5-16/h4-10,13,15,24,26H,12,14H2,1-3H3,(H,25,27)/b19-13-. The van der Waals surface area contributed by atoms with Crippen LogP contribution in [0, 0.1) is 11.3 Å². The van der Waals surface area contributed by atoms with Crippen LogP contribution in [0.5, 0.6) is 11.5 Å². The van der Waals surface area contributed by atoms with Crippen LogP contribution in [0.2, 0.25) is 0 Å². The summed E-state index contributed by atoms with van der Waals surface area (Å²) in [6.07, 6.45) is 1.40. The number of methoxy groups -OCH3 is 2. The molecule has 0 saturated heterocycles. The van der Waals surface area contributed by atoms with E-state index in [-0.39, 0.29) is 18.2 Å². The highest BCUT2D eigenvalue weighted by atomic mass is 16.5. The molecular formula is C22H25N3O4. The lowest BCUT2D eigenvalue weighted by molar-refractivity contribution is -0.117. The van der Waals surface area contributed by atoms with Gasteiger partial charge in [-0.05, 0) is 35.7 Å². The summed E-state index contributed by atoms with van der Waals surface area (Å²) in [5, 5.41) is 24.2. The first-order chi connectivity index (χ1) is 14.0. The Balaban J connectivity index is 1.99. The van der Waals surface area contributed by atoms with Gasteiger partial charge in [-0.15, -0.1) is 0 Å². The second-order valence-corrected chi connectivity index (χ2v) is 6.33. The van der Waals surface area contributed by atoms with Crippen molar-refractivity contribution >= 4 is 5.91 Å². The van der Waals surface area contributed by atoms with Gasteiger partial charge in [-0.3, -0.25) is 4.79 Å². The number of benzene rings is 2. The first-order valence-corrected chi connectivity index (χ1v) is 9.07. The molecule has 7 nitrogen and oxygen atoms in total. The van der Waals surface area contributed by atoms with Crippen molar-refractivity contribution in [2.75, 3.05) is 14.2 Å². The molecule has 0 aliphatic heterocycles. The molecule has 0 saturated carbocycles. The largest absolute Gasteiger partial charge is 0.493 e. The molecule has 0 spiro atoms. The molecule has 0 aliphatic carbocycles. The number of amides is 1. The minimum atomic E-state index is -0.474. The molecule has 3 N–H and O–H groups in total. The summed E-state index contributed by atoms with van der Waals surface area (Å²) >= 11 is 0. The van der Waals surface area contributed by atoms with Crippen molar-refractivity contribution in [3.8, 4) is 17.6 Å². The summed E-state index contributed by atoms with van der Waals surface area (Å²) in [5.41, 5.74) is 2.59. The van der Waals surface area contributed by atoms with Gasteiger partial charge < -0.3 is 25.2 Å². The lowest BCUT2D eigenvalue weighted by Crippen LogP contribution is -2.28. The molecule has 0 bridgehead atoms. The highest BCUT2D eigenvalue weighted by Gasteiger charge is 2.15. The number of nitriles is 1. The van der Waals surface area contributed by atoms with Crippen LogP contribution in [0.1, 0.15) is 29.7 Å². The Hall–Kier alpha value is -3.50. The fourth-order valence-electron chi connectivity index (χ4n) is 2.66. The number of hydrogen-bond acceptors (Lipinski definition) is 6. The van der Waals surface area contributed by atoms with E-state index in [9.17, 15) is 10.1 Å². The Bertz CT molecular complexity index is 901. The first kappa shape index (κ1) is 21.8. The number of rotatable bonds is 9. The average molecular weight is 395 g/mol. The molecule has 0 fully saturated rings. The van der Waals surface area contributed by atoms with Crippen LogP contribution in [0.15, 0.2) is 54.2 Å². The molecule has 0 aromatic heterocycles.